The number of aromatic nitrogens is 2. The monoisotopic (exact) mass is 244 g/mol. The zero-order valence-electron chi connectivity index (χ0n) is 10.2. The van der Waals surface area contributed by atoms with Crippen molar-refractivity contribution in [2.75, 3.05) is 0 Å². The average Bonchev–Trinajstić information content (AvgIpc) is 2.85. The number of nitrogens with one attached hydrogen (secondary N) is 1. The van der Waals surface area contributed by atoms with Crippen molar-refractivity contribution in [3.05, 3.63) is 48.3 Å². The molecule has 1 unspecified atom stereocenters. The number of primary amides is 1. The van der Waals surface area contributed by atoms with Gasteiger partial charge in [0.05, 0.1) is 17.9 Å². The lowest BCUT2D eigenvalue weighted by atomic mass is 10.3. The predicted octanol–water partition coefficient (Wildman–Crippen LogP) is 0.836. The average molecular weight is 244 g/mol. The van der Waals surface area contributed by atoms with Gasteiger partial charge in [-0.05, 0) is 19.1 Å². The minimum Gasteiger partial charge on any atom is -0.368 e. The molecule has 1 aromatic heterocycles. The van der Waals surface area contributed by atoms with E-state index in [1.54, 1.807) is 17.8 Å². The van der Waals surface area contributed by atoms with Crippen molar-refractivity contribution in [3.8, 4) is 5.69 Å². The lowest BCUT2D eigenvalue weighted by Crippen LogP contribution is -2.38. The first-order chi connectivity index (χ1) is 8.66. The molecule has 1 heterocycles. The number of carbonyl (C=O) groups excluding carboxylic acids is 1. The molecule has 1 atom stereocenters. The number of nitrogens with zero attached hydrogens (tertiary/aromatic N) is 2. The first kappa shape index (κ1) is 12.3. The lowest BCUT2D eigenvalue weighted by Gasteiger charge is -2.07. The summed E-state index contributed by atoms with van der Waals surface area (Å²) in [6, 6.07) is 9.51. The molecular formula is C13H16N4O. The SMILES string of the molecule is CC(NCc1cnn(-c2ccccc2)c1)C(N)=O. The van der Waals surface area contributed by atoms with Crippen LogP contribution >= 0.6 is 0 Å². The van der Waals surface area contributed by atoms with E-state index < -0.39 is 0 Å². The smallest absolute Gasteiger partial charge is 0.234 e. The van der Waals surface area contributed by atoms with E-state index in [4.69, 9.17) is 5.73 Å². The van der Waals surface area contributed by atoms with Crippen LogP contribution in [0.25, 0.3) is 5.69 Å². The van der Waals surface area contributed by atoms with Crippen molar-refractivity contribution in [3.63, 3.8) is 0 Å². The first-order valence-corrected chi connectivity index (χ1v) is 5.78. The molecule has 0 saturated carbocycles. The molecule has 0 fully saturated rings. The van der Waals surface area contributed by atoms with Gasteiger partial charge in [0.25, 0.3) is 0 Å². The number of benzene rings is 1. The third kappa shape index (κ3) is 2.95. The van der Waals surface area contributed by atoms with Crippen molar-refractivity contribution in [2.24, 2.45) is 5.73 Å². The molecular weight excluding hydrogens is 228 g/mol. The van der Waals surface area contributed by atoms with Gasteiger partial charge in [0.2, 0.25) is 5.91 Å². The number of rotatable bonds is 5. The molecule has 1 aromatic carbocycles. The van der Waals surface area contributed by atoms with E-state index in [1.165, 1.54) is 0 Å². The highest BCUT2D eigenvalue weighted by molar-refractivity contribution is 5.79. The van der Waals surface area contributed by atoms with Gasteiger partial charge in [-0.3, -0.25) is 4.79 Å². The molecule has 3 N–H and O–H groups in total. The lowest BCUT2D eigenvalue weighted by molar-refractivity contribution is -0.119. The molecule has 0 radical (unpaired) electrons. The quantitative estimate of drug-likeness (QED) is 0.818. The molecule has 5 nitrogen and oxygen atoms in total. The van der Waals surface area contributed by atoms with E-state index in [0.717, 1.165) is 11.3 Å². The Bertz CT molecular complexity index is 521. The van der Waals surface area contributed by atoms with Crippen LogP contribution in [0.4, 0.5) is 0 Å². The largest absolute Gasteiger partial charge is 0.368 e. The third-order valence-electron chi connectivity index (χ3n) is 2.70. The van der Waals surface area contributed by atoms with Crippen LogP contribution < -0.4 is 11.1 Å². The molecule has 0 saturated heterocycles. The second-order valence-corrected chi connectivity index (χ2v) is 4.13. The molecule has 1 amide bonds. The van der Waals surface area contributed by atoms with Gasteiger partial charge >= 0.3 is 0 Å². The minimum absolute atomic E-state index is 0.343. The van der Waals surface area contributed by atoms with E-state index in [9.17, 15) is 4.79 Å². The normalized spacial score (nSPS) is 12.3. The van der Waals surface area contributed by atoms with Gasteiger partial charge in [-0.2, -0.15) is 5.10 Å². The van der Waals surface area contributed by atoms with Crippen LogP contribution in [0, 0.1) is 0 Å². The highest BCUT2D eigenvalue weighted by Crippen LogP contribution is 2.07. The zero-order valence-corrected chi connectivity index (χ0v) is 10.2. The van der Waals surface area contributed by atoms with Gasteiger partial charge in [-0.15, -0.1) is 0 Å². The molecule has 0 aliphatic rings. The number of hydrogen-bond acceptors (Lipinski definition) is 3. The third-order valence-corrected chi connectivity index (χ3v) is 2.70. The Labute approximate surface area is 106 Å². The maximum atomic E-state index is 10.9. The zero-order chi connectivity index (χ0) is 13.0. The van der Waals surface area contributed by atoms with Gasteiger partial charge < -0.3 is 11.1 Å². The van der Waals surface area contributed by atoms with Crippen LogP contribution in [0.5, 0.6) is 0 Å². The predicted molar refractivity (Wildman–Crippen MR) is 69.1 cm³/mol. The van der Waals surface area contributed by atoms with Crippen molar-refractivity contribution in [2.45, 2.75) is 19.5 Å². The molecule has 2 rings (SSSR count). The molecule has 5 heteroatoms. The Kier molecular flexibility index (Phi) is 3.74. The summed E-state index contributed by atoms with van der Waals surface area (Å²) in [6.07, 6.45) is 3.70. The van der Waals surface area contributed by atoms with Crippen molar-refractivity contribution >= 4 is 5.91 Å². The summed E-state index contributed by atoms with van der Waals surface area (Å²) in [7, 11) is 0. The second kappa shape index (κ2) is 5.46. The van der Waals surface area contributed by atoms with E-state index >= 15 is 0 Å². The number of carbonyl (C=O) groups is 1. The topological polar surface area (TPSA) is 72.9 Å². The van der Waals surface area contributed by atoms with E-state index in [1.807, 2.05) is 36.5 Å². The minimum atomic E-state index is -0.356. The molecule has 18 heavy (non-hydrogen) atoms. The van der Waals surface area contributed by atoms with Gasteiger partial charge in [-0.25, -0.2) is 4.68 Å². The van der Waals surface area contributed by atoms with Gasteiger partial charge in [0, 0.05) is 18.3 Å². The maximum absolute atomic E-state index is 10.9. The fourth-order valence-corrected chi connectivity index (χ4v) is 1.54. The second-order valence-electron chi connectivity index (χ2n) is 4.13. The maximum Gasteiger partial charge on any atom is 0.234 e. The summed E-state index contributed by atoms with van der Waals surface area (Å²) in [5, 5.41) is 7.30. The summed E-state index contributed by atoms with van der Waals surface area (Å²) < 4.78 is 1.80. The van der Waals surface area contributed by atoms with Gasteiger partial charge in [-0.1, -0.05) is 18.2 Å². The Balaban J connectivity index is 2.01. The van der Waals surface area contributed by atoms with Gasteiger partial charge in [0.15, 0.2) is 0 Å². The van der Waals surface area contributed by atoms with E-state index in [0.29, 0.717) is 6.54 Å². The Morgan fingerprint density at radius 1 is 1.44 bits per heavy atom. The van der Waals surface area contributed by atoms with Crippen LogP contribution in [0.1, 0.15) is 12.5 Å². The summed E-state index contributed by atoms with van der Waals surface area (Å²) in [5.41, 5.74) is 7.19. The standard InChI is InChI=1S/C13H16N4O/c1-10(13(14)18)15-7-11-8-16-17(9-11)12-5-3-2-4-6-12/h2-6,8-10,15H,7H2,1H3,(H2,14,18). The highest BCUT2D eigenvalue weighted by atomic mass is 16.1. The number of hydrogen-bond donors (Lipinski definition) is 2. The van der Waals surface area contributed by atoms with Crippen LogP contribution in [0.2, 0.25) is 0 Å². The molecule has 0 aliphatic carbocycles. The summed E-state index contributed by atoms with van der Waals surface area (Å²) in [6.45, 7) is 2.31. The Morgan fingerprint density at radius 3 is 2.83 bits per heavy atom. The fourth-order valence-electron chi connectivity index (χ4n) is 1.54. The van der Waals surface area contributed by atoms with Crippen LogP contribution in [-0.4, -0.2) is 21.7 Å². The van der Waals surface area contributed by atoms with Gasteiger partial charge in [0.1, 0.15) is 0 Å². The van der Waals surface area contributed by atoms with Crippen LogP contribution in [-0.2, 0) is 11.3 Å². The molecule has 2 aromatic rings. The number of para-hydroxylation sites is 1. The van der Waals surface area contributed by atoms with Crippen molar-refractivity contribution in [1.29, 1.82) is 0 Å². The Morgan fingerprint density at radius 2 is 2.17 bits per heavy atom. The van der Waals surface area contributed by atoms with Crippen molar-refractivity contribution < 1.29 is 4.79 Å². The highest BCUT2D eigenvalue weighted by Gasteiger charge is 2.08. The van der Waals surface area contributed by atoms with Crippen molar-refractivity contribution in [1.82, 2.24) is 15.1 Å². The summed E-state index contributed by atoms with van der Waals surface area (Å²) in [5.74, 6) is -0.356. The molecule has 0 aliphatic heterocycles. The number of amides is 1. The fraction of sp³-hybridized carbons (Fsp3) is 0.231. The molecule has 94 valence electrons. The van der Waals surface area contributed by atoms with E-state index in [-0.39, 0.29) is 11.9 Å². The number of nitrogens with two attached hydrogens (primary N) is 1. The summed E-state index contributed by atoms with van der Waals surface area (Å²) in [4.78, 5) is 10.9. The Hall–Kier alpha value is -2.14. The molecule has 0 spiro atoms. The van der Waals surface area contributed by atoms with Crippen LogP contribution in [0.3, 0.4) is 0 Å². The van der Waals surface area contributed by atoms with Crippen LogP contribution in [0.15, 0.2) is 42.7 Å². The first-order valence-electron chi connectivity index (χ1n) is 5.78. The van der Waals surface area contributed by atoms with E-state index in [2.05, 4.69) is 10.4 Å². The molecule has 0 bridgehead atoms. The summed E-state index contributed by atoms with van der Waals surface area (Å²) >= 11 is 0.